The van der Waals surface area contributed by atoms with Gasteiger partial charge in [0, 0.05) is 13.1 Å². The van der Waals surface area contributed by atoms with Gasteiger partial charge in [-0.2, -0.15) is 0 Å². The second kappa shape index (κ2) is 4.77. The third-order valence-corrected chi connectivity index (χ3v) is 2.62. The molecule has 1 saturated heterocycles. The van der Waals surface area contributed by atoms with E-state index >= 15 is 0 Å². The van der Waals surface area contributed by atoms with Crippen molar-refractivity contribution in [3.05, 3.63) is 0 Å². The molecule has 0 aromatic heterocycles. The first kappa shape index (κ1) is 9.93. The number of rotatable bonds is 3. The molecule has 3 heteroatoms. The van der Waals surface area contributed by atoms with E-state index in [2.05, 4.69) is 4.90 Å². The molecule has 0 aromatic rings. The molecule has 2 unspecified atom stereocenters. The number of aliphatic hydroxyl groups excluding tert-OH is 1. The molecule has 1 aliphatic rings. The molecule has 1 rings (SSSR count). The van der Waals surface area contributed by atoms with Crippen LogP contribution in [0.15, 0.2) is 0 Å². The van der Waals surface area contributed by atoms with Gasteiger partial charge in [-0.1, -0.05) is 0 Å². The smallest absolute Gasteiger partial charge is 0.102 e. The van der Waals surface area contributed by atoms with Crippen LogP contribution in [0, 0.1) is 5.92 Å². The number of alkyl halides is 1. The van der Waals surface area contributed by atoms with Gasteiger partial charge < -0.3 is 10.0 Å². The zero-order chi connectivity index (χ0) is 8.97. The van der Waals surface area contributed by atoms with Crippen LogP contribution in [0.25, 0.3) is 0 Å². The highest BCUT2D eigenvalue weighted by Crippen LogP contribution is 2.19. The summed E-state index contributed by atoms with van der Waals surface area (Å²) < 4.78 is 12.0. The Bertz CT molecular complexity index is 128. The third-order valence-electron chi connectivity index (χ3n) is 2.62. The summed E-state index contributed by atoms with van der Waals surface area (Å²) in [6, 6.07) is 0. The lowest BCUT2D eigenvalue weighted by molar-refractivity contribution is 0.0605. The van der Waals surface area contributed by atoms with Crippen LogP contribution >= 0.6 is 0 Å². The highest BCUT2D eigenvalue weighted by Gasteiger charge is 2.22. The lowest BCUT2D eigenvalue weighted by Crippen LogP contribution is -2.40. The molecular formula is C9H18FNO. The zero-order valence-electron chi connectivity index (χ0n) is 7.67. The van der Waals surface area contributed by atoms with E-state index in [1.807, 2.05) is 6.92 Å². The van der Waals surface area contributed by atoms with Gasteiger partial charge in [0.05, 0.1) is 6.10 Å². The standard InChI is InChI=1S/C9H18FNO/c1-8(12)9-3-2-5-11(7-9)6-4-10/h8-9,12H,2-7H2,1H3. The molecular weight excluding hydrogens is 157 g/mol. The van der Waals surface area contributed by atoms with Crippen LogP contribution in [0.2, 0.25) is 0 Å². The van der Waals surface area contributed by atoms with Crippen molar-refractivity contribution in [1.29, 1.82) is 0 Å². The van der Waals surface area contributed by atoms with Crippen molar-refractivity contribution in [2.75, 3.05) is 26.3 Å². The Morgan fingerprint density at radius 3 is 3.00 bits per heavy atom. The molecule has 0 radical (unpaired) electrons. The number of nitrogens with zero attached hydrogens (tertiary/aromatic N) is 1. The normalized spacial score (nSPS) is 28.8. The maximum Gasteiger partial charge on any atom is 0.102 e. The largest absolute Gasteiger partial charge is 0.393 e. The van der Waals surface area contributed by atoms with E-state index in [1.165, 1.54) is 0 Å². The number of halogens is 1. The first-order valence-corrected chi connectivity index (χ1v) is 4.70. The molecule has 1 heterocycles. The average Bonchev–Trinajstić information content (AvgIpc) is 2.05. The minimum absolute atomic E-state index is 0.243. The Balaban J connectivity index is 2.30. The first-order valence-electron chi connectivity index (χ1n) is 4.70. The summed E-state index contributed by atoms with van der Waals surface area (Å²) in [7, 11) is 0. The Kier molecular flexibility index (Phi) is 3.95. The molecule has 1 N–H and O–H groups in total. The van der Waals surface area contributed by atoms with E-state index in [0.717, 1.165) is 25.9 Å². The van der Waals surface area contributed by atoms with Crippen molar-refractivity contribution in [3.63, 3.8) is 0 Å². The topological polar surface area (TPSA) is 23.5 Å². The minimum atomic E-state index is -0.271. The second-order valence-electron chi connectivity index (χ2n) is 3.63. The molecule has 0 bridgehead atoms. The predicted octanol–water partition coefficient (Wildman–Crippen LogP) is 1.05. The van der Waals surface area contributed by atoms with Crippen molar-refractivity contribution in [2.45, 2.75) is 25.9 Å². The molecule has 0 aliphatic carbocycles. The molecule has 1 aliphatic heterocycles. The van der Waals surface area contributed by atoms with Crippen LogP contribution in [0.5, 0.6) is 0 Å². The molecule has 0 amide bonds. The number of aliphatic hydroxyl groups is 1. The number of hydrogen-bond donors (Lipinski definition) is 1. The zero-order valence-corrected chi connectivity index (χ0v) is 7.67. The quantitative estimate of drug-likeness (QED) is 0.693. The van der Waals surface area contributed by atoms with Crippen molar-refractivity contribution < 1.29 is 9.50 Å². The number of hydrogen-bond acceptors (Lipinski definition) is 2. The number of piperidine rings is 1. The predicted molar refractivity (Wildman–Crippen MR) is 46.8 cm³/mol. The highest BCUT2D eigenvalue weighted by atomic mass is 19.1. The fourth-order valence-corrected chi connectivity index (χ4v) is 1.81. The fourth-order valence-electron chi connectivity index (χ4n) is 1.81. The molecule has 0 aromatic carbocycles. The average molecular weight is 175 g/mol. The summed E-state index contributed by atoms with van der Waals surface area (Å²) in [5.41, 5.74) is 0. The van der Waals surface area contributed by atoms with Gasteiger partial charge >= 0.3 is 0 Å². The molecule has 2 nitrogen and oxygen atoms in total. The summed E-state index contributed by atoms with van der Waals surface area (Å²) in [5.74, 6) is 0.352. The van der Waals surface area contributed by atoms with Crippen LogP contribution in [0.1, 0.15) is 19.8 Å². The molecule has 12 heavy (non-hydrogen) atoms. The SMILES string of the molecule is CC(O)C1CCCN(CCF)C1. The van der Waals surface area contributed by atoms with Crippen molar-refractivity contribution in [3.8, 4) is 0 Å². The molecule has 72 valence electrons. The van der Waals surface area contributed by atoms with Crippen LogP contribution in [-0.4, -0.2) is 42.4 Å². The summed E-state index contributed by atoms with van der Waals surface area (Å²) >= 11 is 0. The van der Waals surface area contributed by atoms with E-state index in [-0.39, 0.29) is 12.8 Å². The summed E-state index contributed by atoms with van der Waals surface area (Å²) in [4.78, 5) is 2.10. The van der Waals surface area contributed by atoms with Gasteiger partial charge in [0.15, 0.2) is 0 Å². The van der Waals surface area contributed by atoms with Gasteiger partial charge in [-0.15, -0.1) is 0 Å². The van der Waals surface area contributed by atoms with E-state index < -0.39 is 0 Å². The molecule has 2 atom stereocenters. The number of likely N-dealkylation sites (tertiary alicyclic amines) is 1. The van der Waals surface area contributed by atoms with Crippen molar-refractivity contribution >= 4 is 0 Å². The summed E-state index contributed by atoms with van der Waals surface area (Å²) in [6.45, 7) is 3.94. The third kappa shape index (κ3) is 2.72. The maximum atomic E-state index is 12.0. The van der Waals surface area contributed by atoms with Gasteiger partial charge in [0.2, 0.25) is 0 Å². The molecule has 1 fully saturated rings. The maximum absolute atomic E-state index is 12.0. The second-order valence-corrected chi connectivity index (χ2v) is 3.63. The van der Waals surface area contributed by atoms with Crippen LogP contribution < -0.4 is 0 Å². The van der Waals surface area contributed by atoms with Gasteiger partial charge in [-0.05, 0) is 32.2 Å². The molecule has 0 spiro atoms. The van der Waals surface area contributed by atoms with Crippen LogP contribution in [0.4, 0.5) is 4.39 Å². The fraction of sp³-hybridized carbons (Fsp3) is 1.00. The lowest BCUT2D eigenvalue weighted by atomic mass is 9.93. The summed E-state index contributed by atoms with van der Waals surface area (Å²) in [6.07, 6.45) is 1.93. The van der Waals surface area contributed by atoms with Gasteiger partial charge in [0.1, 0.15) is 6.67 Å². The first-order chi connectivity index (χ1) is 5.74. The van der Waals surface area contributed by atoms with E-state index in [4.69, 9.17) is 0 Å². The van der Waals surface area contributed by atoms with Crippen LogP contribution in [0.3, 0.4) is 0 Å². The Morgan fingerprint density at radius 2 is 2.42 bits per heavy atom. The monoisotopic (exact) mass is 175 g/mol. The van der Waals surface area contributed by atoms with E-state index in [0.29, 0.717) is 12.5 Å². The Morgan fingerprint density at radius 1 is 1.67 bits per heavy atom. The van der Waals surface area contributed by atoms with E-state index in [1.54, 1.807) is 0 Å². The Labute approximate surface area is 73.4 Å². The van der Waals surface area contributed by atoms with Gasteiger partial charge in [-0.25, -0.2) is 4.39 Å². The van der Waals surface area contributed by atoms with Crippen molar-refractivity contribution in [1.82, 2.24) is 4.90 Å². The van der Waals surface area contributed by atoms with Crippen LogP contribution in [-0.2, 0) is 0 Å². The van der Waals surface area contributed by atoms with Crippen molar-refractivity contribution in [2.24, 2.45) is 5.92 Å². The van der Waals surface area contributed by atoms with Gasteiger partial charge in [0.25, 0.3) is 0 Å². The molecule has 0 saturated carbocycles. The highest BCUT2D eigenvalue weighted by molar-refractivity contribution is 4.75. The Hall–Kier alpha value is -0.150. The lowest BCUT2D eigenvalue weighted by Gasteiger charge is -2.33. The van der Waals surface area contributed by atoms with E-state index in [9.17, 15) is 9.50 Å². The van der Waals surface area contributed by atoms with Gasteiger partial charge in [-0.3, -0.25) is 0 Å². The summed E-state index contributed by atoms with van der Waals surface area (Å²) in [5, 5.41) is 9.34. The minimum Gasteiger partial charge on any atom is -0.393 e.